The van der Waals surface area contributed by atoms with Crippen LogP contribution in [-0.2, 0) is 4.79 Å². The van der Waals surface area contributed by atoms with Crippen molar-refractivity contribution in [3.63, 3.8) is 0 Å². The van der Waals surface area contributed by atoms with E-state index in [9.17, 15) is 9.90 Å². The first-order chi connectivity index (χ1) is 10.7. The molecular formula is C17H24N2O2S. The van der Waals surface area contributed by atoms with E-state index in [0.29, 0.717) is 19.0 Å². The summed E-state index contributed by atoms with van der Waals surface area (Å²) in [5.74, 6) is -0.183. The Morgan fingerprint density at radius 3 is 2.32 bits per heavy atom. The number of aliphatic hydroxyl groups is 1. The minimum Gasteiger partial charge on any atom is -0.383 e. The lowest BCUT2D eigenvalue weighted by molar-refractivity contribution is -0.123. The van der Waals surface area contributed by atoms with Crippen molar-refractivity contribution in [2.75, 3.05) is 11.4 Å². The lowest BCUT2D eigenvalue weighted by atomic mass is 10.1. The van der Waals surface area contributed by atoms with Crippen LogP contribution in [0.25, 0.3) is 0 Å². The summed E-state index contributed by atoms with van der Waals surface area (Å²) in [7, 11) is 0. The van der Waals surface area contributed by atoms with E-state index in [1.54, 1.807) is 16.8 Å². The number of carbonyl (C=O) groups excluding carboxylic acids is 1. The van der Waals surface area contributed by atoms with Crippen molar-refractivity contribution in [1.82, 2.24) is 4.72 Å². The minimum atomic E-state index is -0.828. The molecule has 2 fully saturated rings. The number of rotatable bonds is 4. The Hall–Kier alpha value is -1.04. The molecule has 120 valence electrons. The van der Waals surface area contributed by atoms with E-state index in [4.69, 9.17) is 0 Å². The first kappa shape index (κ1) is 15.8. The number of nitrogens with zero attached hydrogens (tertiary/aromatic N) is 1. The second-order valence-electron chi connectivity index (χ2n) is 6.20. The van der Waals surface area contributed by atoms with Crippen LogP contribution in [0, 0.1) is 0 Å². The Morgan fingerprint density at radius 2 is 1.73 bits per heavy atom. The zero-order chi connectivity index (χ0) is 15.4. The molecule has 1 aromatic carbocycles. The van der Waals surface area contributed by atoms with Gasteiger partial charge in [0.25, 0.3) is 5.91 Å². The zero-order valence-electron chi connectivity index (χ0n) is 12.8. The highest BCUT2D eigenvalue weighted by Crippen LogP contribution is 2.26. The molecule has 0 aromatic heterocycles. The first-order valence-electron chi connectivity index (χ1n) is 8.26. The van der Waals surface area contributed by atoms with E-state index in [1.807, 2.05) is 24.3 Å². The molecule has 22 heavy (non-hydrogen) atoms. The van der Waals surface area contributed by atoms with Crippen LogP contribution in [0.3, 0.4) is 0 Å². The van der Waals surface area contributed by atoms with Crippen LogP contribution in [0.15, 0.2) is 29.2 Å². The van der Waals surface area contributed by atoms with Crippen molar-refractivity contribution in [1.29, 1.82) is 0 Å². The number of anilines is 1. The summed E-state index contributed by atoms with van der Waals surface area (Å²) in [5.41, 5.74) is 0.875. The molecule has 5 heteroatoms. The largest absolute Gasteiger partial charge is 0.383 e. The second-order valence-corrected chi connectivity index (χ2v) is 7.11. The van der Waals surface area contributed by atoms with Crippen LogP contribution in [0.5, 0.6) is 0 Å². The van der Waals surface area contributed by atoms with Crippen LogP contribution in [0.4, 0.5) is 5.69 Å². The van der Waals surface area contributed by atoms with Crippen molar-refractivity contribution in [2.24, 2.45) is 0 Å². The van der Waals surface area contributed by atoms with E-state index in [1.165, 1.54) is 43.4 Å². The Bertz CT molecular complexity index is 498. The molecule has 1 saturated carbocycles. The maximum atomic E-state index is 11.8. The van der Waals surface area contributed by atoms with Crippen molar-refractivity contribution >= 4 is 23.5 Å². The second kappa shape index (κ2) is 7.49. The van der Waals surface area contributed by atoms with Gasteiger partial charge in [-0.25, -0.2) is 0 Å². The number of hydrogen-bond donors (Lipinski definition) is 2. The van der Waals surface area contributed by atoms with Gasteiger partial charge < -0.3 is 10.0 Å². The van der Waals surface area contributed by atoms with Crippen LogP contribution < -0.4 is 9.62 Å². The topological polar surface area (TPSA) is 52.6 Å². The fourth-order valence-electron chi connectivity index (χ4n) is 3.16. The van der Waals surface area contributed by atoms with Gasteiger partial charge in [-0.05, 0) is 49.1 Å². The molecule has 1 unspecified atom stereocenters. The minimum absolute atomic E-state index is 0.183. The average Bonchev–Trinajstić information content (AvgIpc) is 2.75. The molecule has 4 nitrogen and oxygen atoms in total. The van der Waals surface area contributed by atoms with E-state index >= 15 is 0 Å². The van der Waals surface area contributed by atoms with Gasteiger partial charge in [-0.1, -0.05) is 25.7 Å². The lowest BCUT2D eigenvalue weighted by Crippen LogP contribution is -2.28. The van der Waals surface area contributed by atoms with Gasteiger partial charge in [0.1, 0.15) is 6.10 Å². The van der Waals surface area contributed by atoms with Gasteiger partial charge in [0, 0.05) is 29.6 Å². The maximum absolute atomic E-state index is 11.8. The van der Waals surface area contributed by atoms with E-state index in [0.717, 1.165) is 5.69 Å². The van der Waals surface area contributed by atoms with Crippen LogP contribution >= 0.6 is 11.9 Å². The highest BCUT2D eigenvalue weighted by molar-refractivity contribution is 7.97. The summed E-state index contributed by atoms with van der Waals surface area (Å²) < 4.78 is 3.58. The van der Waals surface area contributed by atoms with Crippen molar-refractivity contribution in [3.05, 3.63) is 24.3 Å². The molecular weight excluding hydrogens is 296 g/mol. The van der Waals surface area contributed by atoms with E-state index < -0.39 is 6.10 Å². The van der Waals surface area contributed by atoms with E-state index in [2.05, 4.69) is 4.72 Å². The van der Waals surface area contributed by atoms with Gasteiger partial charge in [-0.2, -0.15) is 0 Å². The SMILES string of the molecule is O=C1C(O)CCN1c1ccc(SNC2CCCCCC2)cc1. The summed E-state index contributed by atoms with van der Waals surface area (Å²) >= 11 is 1.69. The molecule has 1 heterocycles. The Morgan fingerprint density at radius 1 is 1.05 bits per heavy atom. The molecule has 1 atom stereocenters. The van der Waals surface area contributed by atoms with Gasteiger partial charge >= 0.3 is 0 Å². The molecule has 2 aliphatic rings. The number of benzene rings is 1. The summed E-state index contributed by atoms with van der Waals surface area (Å²) in [6, 6.07) is 8.63. The normalized spacial score (nSPS) is 23.8. The maximum Gasteiger partial charge on any atom is 0.255 e. The van der Waals surface area contributed by atoms with E-state index in [-0.39, 0.29) is 5.91 Å². The van der Waals surface area contributed by atoms with Gasteiger partial charge in [0.05, 0.1) is 0 Å². The Labute approximate surface area is 136 Å². The third-order valence-corrected chi connectivity index (χ3v) is 5.48. The van der Waals surface area contributed by atoms with Crippen molar-refractivity contribution in [3.8, 4) is 0 Å². The Balaban J connectivity index is 1.54. The Kier molecular flexibility index (Phi) is 5.39. The number of carbonyl (C=O) groups is 1. The van der Waals surface area contributed by atoms with Crippen molar-refractivity contribution in [2.45, 2.75) is 62.0 Å². The van der Waals surface area contributed by atoms with Gasteiger partial charge in [-0.3, -0.25) is 9.52 Å². The average molecular weight is 320 g/mol. The summed E-state index contributed by atoms with van der Waals surface area (Å²) in [6.45, 7) is 0.604. The number of nitrogens with one attached hydrogen (secondary N) is 1. The molecule has 0 bridgehead atoms. The third-order valence-electron chi connectivity index (χ3n) is 4.52. The molecule has 1 amide bonds. The predicted octanol–water partition coefficient (Wildman–Crippen LogP) is 3.10. The molecule has 1 aliphatic heterocycles. The fraction of sp³-hybridized carbons (Fsp3) is 0.588. The smallest absolute Gasteiger partial charge is 0.255 e. The standard InChI is InChI=1S/C17H24N2O2S/c20-16-11-12-19(17(16)21)14-7-9-15(10-8-14)22-18-13-5-3-1-2-4-6-13/h7-10,13,16,18,20H,1-6,11-12H2. The predicted molar refractivity (Wildman–Crippen MR) is 89.9 cm³/mol. The van der Waals surface area contributed by atoms with Gasteiger partial charge in [0.2, 0.25) is 0 Å². The fourth-order valence-corrected chi connectivity index (χ4v) is 3.97. The van der Waals surface area contributed by atoms with Crippen molar-refractivity contribution < 1.29 is 9.90 Å². The number of aliphatic hydroxyl groups excluding tert-OH is 1. The van der Waals surface area contributed by atoms with Crippen LogP contribution in [0.2, 0.25) is 0 Å². The molecule has 1 saturated heterocycles. The number of amides is 1. The highest BCUT2D eigenvalue weighted by atomic mass is 32.2. The summed E-state index contributed by atoms with van der Waals surface area (Å²) in [5, 5.41) is 9.53. The van der Waals surface area contributed by atoms with Gasteiger partial charge in [-0.15, -0.1) is 0 Å². The molecule has 0 radical (unpaired) electrons. The first-order valence-corrected chi connectivity index (χ1v) is 9.07. The summed E-state index contributed by atoms with van der Waals surface area (Å²) in [6.07, 6.45) is 7.63. The molecule has 1 aromatic rings. The number of hydrogen-bond acceptors (Lipinski definition) is 4. The lowest BCUT2D eigenvalue weighted by Gasteiger charge is -2.17. The molecule has 2 N–H and O–H groups in total. The zero-order valence-corrected chi connectivity index (χ0v) is 13.6. The summed E-state index contributed by atoms with van der Waals surface area (Å²) in [4.78, 5) is 14.6. The highest BCUT2D eigenvalue weighted by Gasteiger charge is 2.30. The quantitative estimate of drug-likeness (QED) is 0.661. The third kappa shape index (κ3) is 3.83. The molecule has 0 spiro atoms. The van der Waals surface area contributed by atoms with Gasteiger partial charge in [0.15, 0.2) is 0 Å². The molecule has 1 aliphatic carbocycles. The molecule has 3 rings (SSSR count). The van der Waals surface area contributed by atoms with Crippen LogP contribution in [0.1, 0.15) is 44.9 Å². The monoisotopic (exact) mass is 320 g/mol. The van der Waals surface area contributed by atoms with Crippen LogP contribution in [-0.4, -0.2) is 29.7 Å².